The third-order valence-corrected chi connectivity index (χ3v) is 3.28. The predicted molar refractivity (Wildman–Crippen MR) is 92.6 cm³/mol. The van der Waals surface area contributed by atoms with Crippen LogP contribution in [0.3, 0.4) is 0 Å². The first-order valence-corrected chi connectivity index (χ1v) is 7.78. The van der Waals surface area contributed by atoms with Crippen molar-refractivity contribution in [2.24, 2.45) is 4.99 Å². The minimum absolute atomic E-state index is 0.150. The summed E-state index contributed by atoms with van der Waals surface area (Å²) in [5, 5.41) is 0. The van der Waals surface area contributed by atoms with E-state index in [9.17, 15) is 4.79 Å². The van der Waals surface area contributed by atoms with Crippen LogP contribution in [-0.2, 0) is 9.53 Å². The lowest BCUT2D eigenvalue weighted by molar-refractivity contribution is -0.130. The molecule has 0 fully saturated rings. The molecule has 0 unspecified atom stereocenters. The number of benzene rings is 1. The van der Waals surface area contributed by atoms with Crippen LogP contribution in [-0.4, -0.2) is 25.1 Å². The highest BCUT2D eigenvalue weighted by Gasteiger charge is 2.25. The van der Waals surface area contributed by atoms with Crippen molar-refractivity contribution >= 4 is 17.9 Å². The third kappa shape index (κ3) is 3.80. The number of aliphatic imine (C=N–C) groups is 1. The van der Waals surface area contributed by atoms with Crippen molar-refractivity contribution in [3.63, 3.8) is 0 Å². The number of rotatable bonds is 7. The van der Waals surface area contributed by atoms with E-state index >= 15 is 0 Å². The Balaban J connectivity index is 1.88. The van der Waals surface area contributed by atoms with Gasteiger partial charge in [-0.25, -0.2) is 9.79 Å². The van der Waals surface area contributed by atoms with Gasteiger partial charge >= 0.3 is 5.97 Å². The quantitative estimate of drug-likeness (QED) is 0.438. The monoisotopic (exact) mass is 339 g/mol. The lowest BCUT2D eigenvalue weighted by atomic mass is 10.1. The van der Waals surface area contributed by atoms with Crippen molar-refractivity contribution in [2.75, 3.05) is 13.2 Å². The summed E-state index contributed by atoms with van der Waals surface area (Å²) in [5.41, 5.74) is 0.930. The van der Waals surface area contributed by atoms with Crippen molar-refractivity contribution in [1.82, 2.24) is 0 Å². The normalized spacial score (nSPS) is 15.0. The van der Waals surface area contributed by atoms with Gasteiger partial charge in [0.15, 0.2) is 23.0 Å². The topological polar surface area (TPSA) is 70.3 Å². The fourth-order valence-electron chi connectivity index (χ4n) is 2.22. The largest absolute Gasteiger partial charge is 0.490 e. The first-order valence-electron chi connectivity index (χ1n) is 7.78. The van der Waals surface area contributed by atoms with Gasteiger partial charge in [0.1, 0.15) is 6.61 Å². The highest BCUT2D eigenvalue weighted by atomic mass is 16.6. The molecule has 0 radical (unpaired) electrons. The molecule has 1 aliphatic rings. The number of hydrogen-bond acceptors (Lipinski definition) is 6. The molecule has 0 atom stereocenters. The maximum atomic E-state index is 12.0. The van der Waals surface area contributed by atoms with Crippen LogP contribution in [0.5, 0.6) is 11.5 Å². The molecule has 6 nitrogen and oxygen atoms in total. The number of hydrogen-bond donors (Lipinski definition) is 0. The van der Waals surface area contributed by atoms with Crippen LogP contribution in [0.4, 0.5) is 0 Å². The Morgan fingerprint density at radius 2 is 2.12 bits per heavy atom. The van der Waals surface area contributed by atoms with E-state index in [-0.39, 0.29) is 11.6 Å². The van der Waals surface area contributed by atoms with E-state index in [4.69, 9.17) is 18.6 Å². The summed E-state index contributed by atoms with van der Waals surface area (Å²) in [7, 11) is 0. The number of nitrogens with zero attached hydrogens (tertiary/aromatic N) is 1. The molecule has 0 spiro atoms. The lowest BCUT2D eigenvalue weighted by Crippen LogP contribution is -2.04. The van der Waals surface area contributed by atoms with Crippen LogP contribution in [0.1, 0.15) is 18.2 Å². The summed E-state index contributed by atoms with van der Waals surface area (Å²) < 4.78 is 21.5. The second-order valence-electron chi connectivity index (χ2n) is 5.05. The Labute approximate surface area is 145 Å². The van der Waals surface area contributed by atoms with Gasteiger partial charge < -0.3 is 18.6 Å². The van der Waals surface area contributed by atoms with Gasteiger partial charge in [-0.15, -0.1) is 0 Å². The molecule has 2 heterocycles. The van der Waals surface area contributed by atoms with E-state index in [0.29, 0.717) is 30.5 Å². The van der Waals surface area contributed by atoms with Crippen LogP contribution in [0.15, 0.2) is 64.4 Å². The molecule has 0 saturated carbocycles. The van der Waals surface area contributed by atoms with Crippen molar-refractivity contribution < 1.29 is 23.4 Å². The summed E-state index contributed by atoms with van der Waals surface area (Å²) in [6, 6.07) is 8.74. The van der Waals surface area contributed by atoms with Gasteiger partial charge in [-0.3, -0.25) is 0 Å². The Morgan fingerprint density at radius 1 is 1.24 bits per heavy atom. The Bertz CT molecular complexity index is 834. The molecule has 1 aliphatic heterocycles. The number of cyclic esters (lactones) is 1. The van der Waals surface area contributed by atoms with E-state index < -0.39 is 5.97 Å². The minimum atomic E-state index is -0.531. The maximum Gasteiger partial charge on any atom is 0.363 e. The molecule has 0 aliphatic carbocycles. The molecular weight excluding hydrogens is 322 g/mol. The number of carbonyl (C=O) groups is 1. The molecule has 0 amide bonds. The van der Waals surface area contributed by atoms with Crippen molar-refractivity contribution in [2.45, 2.75) is 6.92 Å². The van der Waals surface area contributed by atoms with Crippen molar-refractivity contribution in [3.05, 3.63) is 66.3 Å². The third-order valence-electron chi connectivity index (χ3n) is 3.28. The van der Waals surface area contributed by atoms with Gasteiger partial charge in [-0.05, 0) is 42.8 Å². The van der Waals surface area contributed by atoms with Crippen molar-refractivity contribution in [1.29, 1.82) is 0 Å². The van der Waals surface area contributed by atoms with Crippen LogP contribution in [0.2, 0.25) is 0 Å². The summed E-state index contributed by atoms with van der Waals surface area (Å²) in [4.78, 5) is 16.2. The summed E-state index contributed by atoms with van der Waals surface area (Å²) in [6.45, 7) is 6.38. The smallest absolute Gasteiger partial charge is 0.363 e. The first-order chi connectivity index (χ1) is 12.2. The number of carbonyl (C=O) groups excluding carboxylic acids is 1. The summed E-state index contributed by atoms with van der Waals surface area (Å²) >= 11 is 0. The Morgan fingerprint density at radius 3 is 2.84 bits per heavy atom. The molecule has 25 heavy (non-hydrogen) atoms. The molecule has 3 rings (SSSR count). The van der Waals surface area contributed by atoms with E-state index in [0.717, 1.165) is 5.56 Å². The molecule has 2 aromatic rings. The molecule has 0 N–H and O–H groups in total. The van der Waals surface area contributed by atoms with Gasteiger partial charge in [-0.1, -0.05) is 18.7 Å². The van der Waals surface area contributed by atoms with Crippen LogP contribution in [0, 0.1) is 0 Å². The second-order valence-corrected chi connectivity index (χ2v) is 5.05. The number of ether oxygens (including phenoxy) is 3. The fourth-order valence-corrected chi connectivity index (χ4v) is 2.22. The van der Waals surface area contributed by atoms with E-state index in [2.05, 4.69) is 11.6 Å². The van der Waals surface area contributed by atoms with E-state index in [1.807, 2.05) is 13.0 Å². The van der Waals surface area contributed by atoms with Gasteiger partial charge in [0.05, 0.1) is 12.9 Å². The maximum absolute atomic E-state index is 12.0. The highest BCUT2D eigenvalue weighted by Crippen LogP contribution is 2.30. The van der Waals surface area contributed by atoms with E-state index in [1.54, 1.807) is 36.4 Å². The van der Waals surface area contributed by atoms with Gasteiger partial charge in [0.2, 0.25) is 0 Å². The highest BCUT2D eigenvalue weighted by molar-refractivity contribution is 6.11. The standard InChI is InChI=1S/C19H17NO5/c1-3-9-23-15-8-7-13(12-17(15)22-4-2)11-14-19(21)25-18(20-14)16-6-5-10-24-16/h3,5-8,10-12H,1,4,9H2,2H3. The average molecular weight is 339 g/mol. The Kier molecular flexibility index (Phi) is 4.99. The summed E-state index contributed by atoms with van der Waals surface area (Å²) in [6.07, 6.45) is 4.77. The van der Waals surface area contributed by atoms with Crippen molar-refractivity contribution in [3.8, 4) is 11.5 Å². The molecule has 1 aromatic heterocycles. The van der Waals surface area contributed by atoms with Crippen LogP contribution in [0.25, 0.3) is 6.08 Å². The molecule has 1 aromatic carbocycles. The van der Waals surface area contributed by atoms with Crippen LogP contribution >= 0.6 is 0 Å². The average Bonchev–Trinajstić information content (AvgIpc) is 3.25. The Hall–Kier alpha value is -3.28. The number of furan rings is 1. The second kappa shape index (κ2) is 7.53. The molecular formula is C19H17NO5. The molecule has 0 bridgehead atoms. The minimum Gasteiger partial charge on any atom is -0.490 e. The predicted octanol–water partition coefficient (Wildman–Crippen LogP) is 3.59. The van der Waals surface area contributed by atoms with E-state index in [1.165, 1.54) is 6.26 Å². The summed E-state index contributed by atoms with van der Waals surface area (Å²) in [5.74, 6) is 1.21. The zero-order valence-electron chi connectivity index (χ0n) is 13.7. The SMILES string of the molecule is C=CCOc1ccc(C=C2N=C(c3ccco3)OC2=O)cc1OCC. The first kappa shape index (κ1) is 16.6. The van der Waals surface area contributed by atoms with Gasteiger partial charge in [-0.2, -0.15) is 0 Å². The number of esters is 1. The van der Waals surface area contributed by atoms with Crippen LogP contribution < -0.4 is 9.47 Å². The molecule has 6 heteroatoms. The molecule has 128 valence electrons. The van der Waals surface area contributed by atoms with Gasteiger partial charge in [0.25, 0.3) is 5.90 Å². The lowest BCUT2D eigenvalue weighted by Gasteiger charge is -2.11. The zero-order chi connectivity index (χ0) is 17.6. The zero-order valence-corrected chi connectivity index (χ0v) is 13.7. The molecule has 0 saturated heterocycles. The fraction of sp³-hybridized carbons (Fsp3) is 0.158. The van der Waals surface area contributed by atoms with Gasteiger partial charge in [0, 0.05) is 0 Å².